The lowest BCUT2D eigenvalue weighted by atomic mass is 9.96. The Bertz CT molecular complexity index is 1140. The van der Waals surface area contributed by atoms with Crippen LogP contribution >= 0.6 is 0 Å². The van der Waals surface area contributed by atoms with Crippen LogP contribution in [0.2, 0.25) is 0 Å². The van der Waals surface area contributed by atoms with Gasteiger partial charge in [0.25, 0.3) is 0 Å². The van der Waals surface area contributed by atoms with Crippen molar-refractivity contribution < 1.29 is 0 Å². The van der Waals surface area contributed by atoms with Crippen molar-refractivity contribution in [3.63, 3.8) is 0 Å². The predicted molar refractivity (Wildman–Crippen MR) is 127 cm³/mol. The Morgan fingerprint density at radius 2 is 1.03 bits per heavy atom. The zero-order chi connectivity index (χ0) is 20.5. The zero-order valence-corrected chi connectivity index (χ0v) is 16.4. The van der Waals surface area contributed by atoms with Gasteiger partial charge in [0.15, 0.2) is 0 Å². The minimum Gasteiger partial charge on any atom is -0.399 e. The van der Waals surface area contributed by atoms with Gasteiger partial charge in [-0.25, -0.2) is 0 Å². The van der Waals surface area contributed by atoms with Gasteiger partial charge in [-0.05, 0) is 83.9 Å². The molecule has 148 valence electrons. The Hall–Kier alpha value is -4.12. The van der Waals surface area contributed by atoms with Gasteiger partial charge in [0.05, 0.1) is 0 Å². The summed E-state index contributed by atoms with van der Waals surface area (Å²) in [5.74, 6) is 0. The van der Waals surface area contributed by atoms with Gasteiger partial charge in [-0.1, -0.05) is 12.1 Å². The molecule has 0 aromatic heterocycles. The van der Waals surface area contributed by atoms with E-state index in [1.807, 2.05) is 48.5 Å². The smallest absolute Gasteiger partial charge is 0.0421 e. The Kier molecular flexibility index (Phi) is 4.41. The number of hydrogen-bond acceptors (Lipinski definition) is 5. The normalized spacial score (nSPS) is 11.7. The van der Waals surface area contributed by atoms with Crippen molar-refractivity contribution in [2.75, 3.05) is 27.4 Å². The maximum atomic E-state index is 5.89. The topological polar surface area (TPSA) is 88.1 Å². The van der Waals surface area contributed by atoms with Crippen LogP contribution in [0.4, 0.5) is 45.5 Å². The van der Waals surface area contributed by atoms with Crippen molar-refractivity contribution in [3.8, 4) is 0 Å². The van der Waals surface area contributed by atoms with Crippen molar-refractivity contribution >= 4 is 45.5 Å². The van der Waals surface area contributed by atoms with Crippen molar-refractivity contribution in [2.45, 2.75) is 6.42 Å². The molecule has 1 aliphatic rings. The molecule has 1 heterocycles. The Labute approximate surface area is 175 Å². The van der Waals surface area contributed by atoms with Crippen LogP contribution < -0.4 is 27.4 Å². The highest BCUT2D eigenvalue weighted by atomic mass is 14.9. The molecule has 0 fully saturated rings. The lowest BCUT2D eigenvalue weighted by Gasteiger charge is -2.23. The van der Waals surface area contributed by atoms with Crippen LogP contribution in [0.25, 0.3) is 0 Å². The van der Waals surface area contributed by atoms with Gasteiger partial charge < -0.3 is 27.4 Å². The molecule has 0 saturated carbocycles. The molecule has 7 N–H and O–H groups in total. The number of rotatable bonds is 4. The van der Waals surface area contributed by atoms with E-state index in [4.69, 9.17) is 11.5 Å². The molecule has 0 atom stereocenters. The molecule has 4 aromatic rings. The van der Waals surface area contributed by atoms with Crippen LogP contribution in [0, 0.1) is 0 Å². The molecule has 0 amide bonds. The quantitative estimate of drug-likeness (QED) is 0.242. The summed E-state index contributed by atoms with van der Waals surface area (Å²) in [6, 6.07) is 28.3. The fourth-order valence-corrected chi connectivity index (χ4v) is 3.80. The molecule has 30 heavy (non-hydrogen) atoms. The Morgan fingerprint density at radius 1 is 0.567 bits per heavy atom. The highest BCUT2D eigenvalue weighted by molar-refractivity contribution is 5.77. The van der Waals surface area contributed by atoms with Gasteiger partial charge in [0.1, 0.15) is 0 Å². The first kappa shape index (κ1) is 17.9. The third-order valence-electron chi connectivity index (χ3n) is 5.21. The van der Waals surface area contributed by atoms with E-state index in [1.54, 1.807) is 0 Å². The summed E-state index contributed by atoms with van der Waals surface area (Å²) >= 11 is 0. The average Bonchev–Trinajstić information content (AvgIpc) is 2.72. The summed E-state index contributed by atoms with van der Waals surface area (Å²) in [6.07, 6.45) is 0.858. The molecule has 4 aromatic carbocycles. The fourth-order valence-electron chi connectivity index (χ4n) is 3.80. The van der Waals surface area contributed by atoms with E-state index < -0.39 is 0 Å². The zero-order valence-electron chi connectivity index (χ0n) is 16.4. The van der Waals surface area contributed by atoms with Gasteiger partial charge >= 0.3 is 0 Å². The van der Waals surface area contributed by atoms with E-state index in [9.17, 15) is 0 Å². The van der Waals surface area contributed by atoms with Crippen molar-refractivity contribution in [3.05, 3.63) is 96.1 Å². The number of fused-ring (bicyclic) bond motifs is 2. The third-order valence-corrected chi connectivity index (χ3v) is 5.21. The van der Waals surface area contributed by atoms with E-state index in [2.05, 4.69) is 52.3 Å². The molecule has 5 heteroatoms. The number of nitrogens with two attached hydrogens (primary N) is 2. The van der Waals surface area contributed by atoms with Gasteiger partial charge in [-0.15, -0.1) is 0 Å². The van der Waals surface area contributed by atoms with Gasteiger partial charge in [-0.2, -0.15) is 0 Å². The Balaban J connectivity index is 1.38. The molecule has 5 rings (SSSR count). The molecule has 0 spiro atoms. The van der Waals surface area contributed by atoms with Crippen molar-refractivity contribution in [1.29, 1.82) is 0 Å². The van der Waals surface area contributed by atoms with Crippen LogP contribution in [0.15, 0.2) is 84.9 Å². The summed E-state index contributed by atoms with van der Waals surface area (Å²) in [7, 11) is 0. The SMILES string of the molecule is Nc1cccc(Nc2ccc3c(c2)Cc2cc(Nc4cccc(N)c4)ccc2N3)c1. The molecule has 0 aliphatic carbocycles. The lowest BCUT2D eigenvalue weighted by Crippen LogP contribution is -2.08. The molecule has 1 aliphatic heterocycles. The first-order valence-corrected chi connectivity index (χ1v) is 9.90. The molecule has 0 saturated heterocycles. The first-order valence-electron chi connectivity index (χ1n) is 9.90. The number of hydrogen-bond donors (Lipinski definition) is 5. The minimum absolute atomic E-state index is 0.744. The maximum absolute atomic E-state index is 5.89. The molecule has 5 nitrogen and oxygen atoms in total. The van der Waals surface area contributed by atoms with Crippen LogP contribution in [-0.2, 0) is 6.42 Å². The maximum Gasteiger partial charge on any atom is 0.0421 e. The molecular weight excluding hydrogens is 370 g/mol. The standard InChI is InChI=1S/C25H23N5/c26-18-3-1-5-20(14-18)28-22-7-9-24-16(12-22)11-17-13-23(8-10-25(17)30-24)29-21-6-2-4-19(27)15-21/h1-10,12-15,28-30H,11,26-27H2. The van der Waals surface area contributed by atoms with Gasteiger partial charge in [-0.3, -0.25) is 0 Å². The van der Waals surface area contributed by atoms with E-state index in [0.29, 0.717) is 0 Å². The largest absolute Gasteiger partial charge is 0.399 e. The first-order chi connectivity index (χ1) is 14.6. The lowest BCUT2D eigenvalue weighted by molar-refractivity contribution is 1.16. The van der Waals surface area contributed by atoms with E-state index >= 15 is 0 Å². The second-order valence-corrected chi connectivity index (χ2v) is 7.55. The van der Waals surface area contributed by atoms with Crippen molar-refractivity contribution in [1.82, 2.24) is 0 Å². The summed E-state index contributed by atoms with van der Waals surface area (Å²) in [4.78, 5) is 0. The van der Waals surface area contributed by atoms with Crippen LogP contribution in [0.1, 0.15) is 11.1 Å². The number of anilines is 8. The summed E-state index contributed by atoms with van der Waals surface area (Å²) in [5, 5.41) is 10.4. The third kappa shape index (κ3) is 3.73. The predicted octanol–water partition coefficient (Wildman–Crippen LogP) is 5.99. The molecule has 0 radical (unpaired) electrons. The van der Waals surface area contributed by atoms with Crippen LogP contribution in [0.3, 0.4) is 0 Å². The summed E-state index contributed by atoms with van der Waals surface area (Å²) in [5.41, 5.74) is 22.1. The van der Waals surface area contributed by atoms with Gasteiger partial charge in [0, 0.05) is 51.9 Å². The van der Waals surface area contributed by atoms with E-state index in [-0.39, 0.29) is 0 Å². The van der Waals surface area contributed by atoms with Crippen LogP contribution in [-0.4, -0.2) is 0 Å². The van der Waals surface area contributed by atoms with Crippen molar-refractivity contribution in [2.24, 2.45) is 0 Å². The molecular formula is C25H23N5. The minimum atomic E-state index is 0.744. The Morgan fingerprint density at radius 3 is 1.50 bits per heavy atom. The monoisotopic (exact) mass is 393 g/mol. The molecule has 0 unspecified atom stereocenters. The summed E-state index contributed by atoms with van der Waals surface area (Å²) in [6.45, 7) is 0. The number of nitrogens with one attached hydrogen (secondary N) is 3. The van der Waals surface area contributed by atoms with E-state index in [1.165, 1.54) is 11.1 Å². The summed E-state index contributed by atoms with van der Waals surface area (Å²) < 4.78 is 0. The average molecular weight is 393 g/mol. The number of nitrogen functional groups attached to an aromatic ring is 2. The second kappa shape index (κ2) is 7.37. The van der Waals surface area contributed by atoms with Crippen LogP contribution in [0.5, 0.6) is 0 Å². The second-order valence-electron chi connectivity index (χ2n) is 7.55. The fraction of sp³-hybridized carbons (Fsp3) is 0.0400. The van der Waals surface area contributed by atoms with Gasteiger partial charge in [0.2, 0.25) is 0 Å². The highest BCUT2D eigenvalue weighted by Gasteiger charge is 2.16. The van der Waals surface area contributed by atoms with E-state index in [0.717, 1.165) is 51.9 Å². The highest BCUT2D eigenvalue weighted by Crippen LogP contribution is 2.36. The molecule has 0 bridgehead atoms. The number of benzene rings is 4.